The van der Waals surface area contributed by atoms with Crippen LogP contribution >= 0.6 is 11.5 Å². The van der Waals surface area contributed by atoms with Gasteiger partial charge in [-0.3, -0.25) is 9.69 Å². The third-order valence-electron chi connectivity index (χ3n) is 3.52. The summed E-state index contributed by atoms with van der Waals surface area (Å²) in [6.07, 6.45) is -3.87. The van der Waals surface area contributed by atoms with Crippen molar-refractivity contribution in [2.24, 2.45) is 0 Å². The Balaban J connectivity index is 2.00. The summed E-state index contributed by atoms with van der Waals surface area (Å²) >= 11 is 0.899. The van der Waals surface area contributed by atoms with Crippen LogP contribution in [0, 0.1) is 0 Å². The SMILES string of the molecule is CCc1nnsc1C(=O)NCC(N1CCNCC1)C(F)(F)F. The Kier molecular flexibility index (Phi) is 5.70. The fraction of sp³-hybridized carbons (Fsp3) is 0.750. The van der Waals surface area contributed by atoms with Gasteiger partial charge in [0.05, 0.1) is 5.69 Å². The molecule has 1 aliphatic rings. The minimum absolute atomic E-state index is 0.281. The topological polar surface area (TPSA) is 70.2 Å². The van der Waals surface area contributed by atoms with Crippen LogP contribution in [0.5, 0.6) is 0 Å². The molecule has 1 aliphatic heterocycles. The van der Waals surface area contributed by atoms with Crippen molar-refractivity contribution in [3.8, 4) is 0 Å². The summed E-state index contributed by atoms with van der Waals surface area (Å²) in [7, 11) is 0. The minimum Gasteiger partial charge on any atom is -0.349 e. The molecule has 1 amide bonds. The second-order valence-corrected chi connectivity index (χ2v) is 5.71. The second-order valence-electron chi connectivity index (χ2n) is 4.96. The predicted molar refractivity (Wildman–Crippen MR) is 75.9 cm³/mol. The number of hydrogen-bond acceptors (Lipinski definition) is 6. The smallest absolute Gasteiger partial charge is 0.349 e. The van der Waals surface area contributed by atoms with Crippen molar-refractivity contribution in [2.45, 2.75) is 25.6 Å². The van der Waals surface area contributed by atoms with Crippen LogP contribution in [0.2, 0.25) is 0 Å². The highest BCUT2D eigenvalue weighted by molar-refractivity contribution is 7.08. The molecule has 1 saturated heterocycles. The first-order valence-electron chi connectivity index (χ1n) is 7.04. The summed E-state index contributed by atoms with van der Waals surface area (Å²) in [4.78, 5) is 13.7. The number of alkyl halides is 3. The van der Waals surface area contributed by atoms with Crippen LogP contribution in [0.3, 0.4) is 0 Å². The summed E-state index contributed by atoms with van der Waals surface area (Å²) in [5, 5.41) is 9.17. The molecular weight excluding hydrogens is 319 g/mol. The lowest BCUT2D eigenvalue weighted by Crippen LogP contribution is -2.57. The van der Waals surface area contributed by atoms with E-state index in [0.29, 0.717) is 38.3 Å². The van der Waals surface area contributed by atoms with E-state index in [9.17, 15) is 18.0 Å². The maximum Gasteiger partial charge on any atom is 0.405 e. The summed E-state index contributed by atoms with van der Waals surface area (Å²) in [6.45, 7) is 2.99. The van der Waals surface area contributed by atoms with Crippen LogP contribution in [-0.4, -0.2) is 65.3 Å². The van der Waals surface area contributed by atoms with E-state index in [4.69, 9.17) is 0 Å². The molecule has 0 aromatic carbocycles. The van der Waals surface area contributed by atoms with Crippen molar-refractivity contribution in [3.63, 3.8) is 0 Å². The predicted octanol–water partition coefficient (Wildman–Crippen LogP) is 0.666. The number of amides is 1. The second kappa shape index (κ2) is 7.34. The normalized spacial score (nSPS) is 18.2. The minimum atomic E-state index is -4.38. The van der Waals surface area contributed by atoms with Crippen LogP contribution in [0.15, 0.2) is 0 Å². The van der Waals surface area contributed by atoms with Crippen LogP contribution in [0.25, 0.3) is 0 Å². The number of rotatable bonds is 5. The van der Waals surface area contributed by atoms with Gasteiger partial charge in [-0.25, -0.2) is 0 Å². The highest BCUT2D eigenvalue weighted by Gasteiger charge is 2.43. The molecule has 1 atom stereocenters. The van der Waals surface area contributed by atoms with Crippen LogP contribution in [0.4, 0.5) is 13.2 Å². The summed E-state index contributed by atoms with van der Waals surface area (Å²) in [6, 6.07) is -1.68. The number of nitrogens with zero attached hydrogens (tertiary/aromatic N) is 3. The van der Waals surface area contributed by atoms with E-state index in [-0.39, 0.29) is 4.88 Å². The van der Waals surface area contributed by atoms with Crippen molar-refractivity contribution in [1.82, 2.24) is 25.1 Å². The molecule has 0 radical (unpaired) electrons. The first-order valence-corrected chi connectivity index (χ1v) is 7.81. The zero-order chi connectivity index (χ0) is 16.2. The molecule has 10 heteroatoms. The number of carbonyl (C=O) groups is 1. The lowest BCUT2D eigenvalue weighted by atomic mass is 10.2. The molecule has 124 valence electrons. The quantitative estimate of drug-likeness (QED) is 0.826. The number of carbonyl (C=O) groups excluding carboxylic acids is 1. The molecule has 6 nitrogen and oxygen atoms in total. The number of nitrogens with one attached hydrogen (secondary N) is 2. The average molecular weight is 337 g/mol. The zero-order valence-electron chi connectivity index (χ0n) is 12.1. The van der Waals surface area contributed by atoms with Gasteiger partial charge < -0.3 is 10.6 Å². The van der Waals surface area contributed by atoms with E-state index >= 15 is 0 Å². The van der Waals surface area contributed by atoms with Crippen molar-refractivity contribution in [1.29, 1.82) is 0 Å². The molecule has 0 spiro atoms. The largest absolute Gasteiger partial charge is 0.405 e. The van der Waals surface area contributed by atoms with Crippen molar-refractivity contribution >= 4 is 17.4 Å². The van der Waals surface area contributed by atoms with E-state index in [1.807, 2.05) is 6.92 Å². The van der Waals surface area contributed by atoms with E-state index in [1.54, 1.807) is 0 Å². The molecular formula is C12H18F3N5OS. The summed E-state index contributed by atoms with van der Waals surface area (Å²) < 4.78 is 43.3. The molecule has 2 heterocycles. The Bertz CT molecular complexity index is 501. The van der Waals surface area contributed by atoms with Gasteiger partial charge in [0.25, 0.3) is 5.91 Å². The van der Waals surface area contributed by atoms with Crippen molar-refractivity contribution in [2.75, 3.05) is 32.7 Å². The third kappa shape index (κ3) is 4.14. The first-order chi connectivity index (χ1) is 10.4. The standard InChI is InChI=1S/C12H18F3N5OS/c1-2-8-10(22-19-18-8)11(21)17-7-9(12(13,14)15)20-5-3-16-4-6-20/h9,16H,2-7H2,1H3,(H,17,21). The van der Waals surface area contributed by atoms with Gasteiger partial charge in [-0.15, -0.1) is 5.10 Å². The van der Waals surface area contributed by atoms with E-state index in [1.165, 1.54) is 4.90 Å². The van der Waals surface area contributed by atoms with Gasteiger partial charge >= 0.3 is 6.18 Å². The van der Waals surface area contributed by atoms with Crippen LogP contribution in [0.1, 0.15) is 22.3 Å². The van der Waals surface area contributed by atoms with E-state index < -0.39 is 24.7 Å². The average Bonchev–Trinajstić information content (AvgIpc) is 2.95. The fourth-order valence-electron chi connectivity index (χ4n) is 2.33. The molecule has 1 unspecified atom stereocenters. The van der Waals surface area contributed by atoms with Crippen LogP contribution < -0.4 is 10.6 Å². The molecule has 2 N–H and O–H groups in total. The Hall–Kier alpha value is -1.26. The van der Waals surface area contributed by atoms with E-state index in [2.05, 4.69) is 20.2 Å². The van der Waals surface area contributed by atoms with E-state index in [0.717, 1.165) is 11.5 Å². The van der Waals surface area contributed by atoms with Crippen LogP contribution in [-0.2, 0) is 6.42 Å². The molecule has 1 fully saturated rings. The van der Waals surface area contributed by atoms with Gasteiger partial charge in [0.15, 0.2) is 0 Å². The van der Waals surface area contributed by atoms with Crippen molar-refractivity contribution in [3.05, 3.63) is 10.6 Å². The van der Waals surface area contributed by atoms with Gasteiger partial charge in [0.2, 0.25) is 0 Å². The Morgan fingerprint density at radius 1 is 1.45 bits per heavy atom. The Labute approximate surface area is 130 Å². The molecule has 0 saturated carbocycles. The molecule has 0 bridgehead atoms. The number of halogens is 3. The fourth-order valence-corrected chi connectivity index (χ4v) is 2.99. The van der Waals surface area contributed by atoms with Gasteiger partial charge in [-0.1, -0.05) is 11.4 Å². The molecule has 1 aromatic heterocycles. The number of hydrogen-bond donors (Lipinski definition) is 2. The number of aryl methyl sites for hydroxylation is 1. The monoisotopic (exact) mass is 337 g/mol. The van der Waals surface area contributed by atoms with Gasteiger partial charge in [0, 0.05) is 32.7 Å². The van der Waals surface area contributed by atoms with Gasteiger partial charge in [0.1, 0.15) is 10.9 Å². The summed E-state index contributed by atoms with van der Waals surface area (Å²) in [5.74, 6) is -0.545. The highest BCUT2D eigenvalue weighted by atomic mass is 32.1. The molecule has 1 aromatic rings. The van der Waals surface area contributed by atoms with Gasteiger partial charge in [-0.05, 0) is 18.0 Å². The Morgan fingerprint density at radius 3 is 2.73 bits per heavy atom. The van der Waals surface area contributed by atoms with Gasteiger partial charge in [-0.2, -0.15) is 13.2 Å². The maximum absolute atomic E-state index is 13.2. The lowest BCUT2D eigenvalue weighted by molar-refractivity contribution is -0.183. The molecule has 2 rings (SSSR count). The maximum atomic E-state index is 13.2. The highest BCUT2D eigenvalue weighted by Crippen LogP contribution is 2.25. The zero-order valence-corrected chi connectivity index (χ0v) is 12.9. The molecule has 0 aliphatic carbocycles. The molecule has 22 heavy (non-hydrogen) atoms. The number of aromatic nitrogens is 2. The first kappa shape index (κ1) is 17.1. The van der Waals surface area contributed by atoms with Crippen molar-refractivity contribution < 1.29 is 18.0 Å². The Morgan fingerprint density at radius 2 is 2.14 bits per heavy atom. The lowest BCUT2D eigenvalue weighted by Gasteiger charge is -2.35. The summed E-state index contributed by atoms with van der Waals surface area (Å²) in [5.41, 5.74) is 0.508. The third-order valence-corrected chi connectivity index (χ3v) is 4.29. The number of piperazine rings is 1.